The fourth-order valence-electron chi connectivity index (χ4n) is 1.98. The zero-order chi connectivity index (χ0) is 13.8. The summed E-state index contributed by atoms with van der Waals surface area (Å²) in [5.74, 6) is -0.346. The van der Waals surface area contributed by atoms with Gasteiger partial charge in [-0.2, -0.15) is 0 Å². The van der Waals surface area contributed by atoms with Gasteiger partial charge in [-0.3, -0.25) is 10.2 Å². The number of benzene rings is 1. The molecular formula is C13H16N4O2. The first-order chi connectivity index (χ1) is 9.17. The molecule has 2 aromatic rings. The molecule has 0 atom stereocenters. The molecule has 6 heteroatoms. The molecule has 0 aliphatic carbocycles. The number of para-hydroxylation sites is 1. The van der Waals surface area contributed by atoms with Gasteiger partial charge in [0.05, 0.1) is 0 Å². The molecule has 0 aliphatic rings. The zero-order valence-corrected chi connectivity index (χ0v) is 10.9. The maximum absolute atomic E-state index is 12.0. The number of hydrogen-bond donors (Lipinski definition) is 3. The molecule has 0 fully saturated rings. The van der Waals surface area contributed by atoms with Crippen LogP contribution in [0.25, 0.3) is 10.9 Å². The average molecular weight is 260 g/mol. The van der Waals surface area contributed by atoms with Crippen molar-refractivity contribution in [3.63, 3.8) is 0 Å². The molecule has 1 aromatic carbocycles. The Morgan fingerprint density at radius 2 is 1.95 bits per heavy atom. The number of rotatable bonds is 2. The smallest absolute Gasteiger partial charge is 0.333 e. The summed E-state index contributed by atoms with van der Waals surface area (Å²) in [7, 11) is 1.48. The van der Waals surface area contributed by atoms with E-state index in [0.717, 1.165) is 10.9 Å². The van der Waals surface area contributed by atoms with Crippen LogP contribution in [0.1, 0.15) is 17.4 Å². The zero-order valence-electron chi connectivity index (χ0n) is 10.9. The summed E-state index contributed by atoms with van der Waals surface area (Å²) in [6.07, 6.45) is 0. The van der Waals surface area contributed by atoms with E-state index in [-0.39, 0.29) is 5.91 Å². The minimum atomic E-state index is -0.465. The van der Waals surface area contributed by atoms with Crippen molar-refractivity contribution in [3.05, 3.63) is 36.0 Å². The summed E-state index contributed by atoms with van der Waals surface area (Å²) in [5, 5.41) is 3.35. The lowest BCUT2D eigenvalue weighted by Gasteiger charge is -2.09. The standard InChI is InChI=1S/C13H16N4O2/c1-3-17-10-7-5-4-6-9(10)8-11(17)12(18)15-16-13(19)14-2/h4-8H,3H2,1-2H3,(H,15,18)(H2,14,16,19). The van der Waals surface area contributed by atoms with Gasteiger partial charge in [0.25, 0.3) is 5.91 Å². The maximum atomic E-state index is 12.0. The molecule has 3 N–H and O–H groups in total. The number of carbonyl (C=O) groups is 2. The van der Waals surface area contributed by atoms with Crippen LogP contribution in [0.15, 0.2) is 30.3 Å². The third kappa shape index (κ3) is 2.52. The molecule has 0 unspecified atom stereocenters. The first kappa shape index (κ1) is 12.9. The summed E-state index contributed by atoms with van der Waals surface area (Å²) in [5.41, 5.74) is 6.14. The maximum Gasteiger partial charge on any atom is 0.333 e. The van der Waals surface area contributed by atoms with Gasteiger partial charge >= 0.3 is 6.03 Å². The molecule has 0 aliphatic heterocycles. The monoisotopic (exact) mass is 260 g/mol. The van der Waals surface area contributed by atoms with Crippen LogP contribution in [0.4, 0.5) is 4.79 Å². The molecule has 3 amide bonds. The highest BCUT2D eigenvalue weighted by Gasteiger charge is 2.14. The van der Waals surface area contributed by atoms with Gasteiger partial charge in [0, 0.05) is 24.5 Å². The molecule has 2 rings (SSSR count). The van der Waals surface area contributed by atoms with Gasteiger partial charge in [0.2, 0.25) is 0 Å². The normalized spacial score (nSPS) is 10.2. The van der Waals surface area contributed by atoms with Crippen molar-refractivity contribution < 1.29 is 9.59 Å². The molecule has 0 saturated heterocycles. The van der Waals surface area contributed by atoms with Crippen molar-refractivity contribution in [3.8, 4) is 0 Å². The SMILES string of the molecule is CCn1c(C(=O)NNC(=O)NC)cc2ccccc21. The number of hydrazine groups is 1. The van der Waals surface area contributed by atoms with Crippen molar-refractivity contribution in [1.82, 2.24) is 20.7 Å². The van der Waals surface area contributed by atoms with Gasteiger partial charge < -0.3 is 9.88 Å². The Kier molecular flexibility index (Phi) is 3.70. The van der Waals surface area contributed by atoms with Crippen LogP contribution in [-0.4, -0.2) is 23.6 Å². The highest BCUT2D eigenvalue weighted by molar-refractivity contribution is 5.99. The number of fused-ring (bicyclic) bond motifs is 1. The molecule has 1 aromatic heterocycles. The van der Waals surface area contributed by atoms with Gasteiger partial charge in [-0.1, -0.05) is 18.2 Å². The van der Waals surface area contributed by atoms with Crippen LogP contribution in [0.3, 0.4) is 0 Å². The van der Waals surface area contributed by atoms with E-state index in [1.807, 2.05) is 35.8 Å². The lowest BCUT2D eigenvalue weighted by atomic mass is 10.2. The number of aromatic nitrogens is 1. The van der Waals surface area contributed by atoms with E-state index in [0.29, 0.717) is 12.2 Å². The highest BCUT2D eigenvalue weighted by atomic mass is 16.2. The number of hydrogen-bond acceptors (Lipinski definition) is 2. The van der Waals surface area contributed by atoms with E-state index < -0.39 is 6.03 Å². The Bertz CT molecular complexity index is 618. The van der Waals surface area contributed by atoms with Crippen LogP contribution < -0.4 is 16.2 Å². The molecule has 19 heavy (non-hydrogen) atoms. The van der Waals surface area contributed by atoms with Crippen LogP contribution in [0.2, 0.25) is 0 Å². The lowest BCUT2D eigenvalue weighted by molar-refractivity contribution is 0.0928. The molecule has 0 bridgehead atoms. The summed E-state index contributed by atoms with van der Waals surface area (Å²) >= 11 is 0. The number of nitrogens with one attached hydrogen (secondary N) is 3. The first-order valence-corrected chi connectivity index (χ1v) is 6.03. The molecular weight excluding hydrogens is 244 g/mol. The quantitative estimate of drug-likeness (QED) is 0.710. The van der Waals surface area contributed by atoms with Gasteiger partial charge in [0.15, 0.2) is 0 Å². The van der Waals surface area contributed by atoms with E-state index >= 15 is 0 Å². The van der Waals surface area contributed by atoms with Crippen molar-refractivity contribution >= 4 is 22.8 Å². The van der Waals surface area contributed by atoms with Crippen LogP contribution in [0, 0.1) is 0 Å². The number of aryl methyl sites for hydroxylation is 1. The van der Waals surface area contributed by atoms with Crippen molar-refractivity contribution in [2.24, 2.45) is 0 Å². The van der Waals surface area contributed by atoms with E-state index in [2.05, 4.69) is 16.2 Å². The highest BCUT2D eigenvalue weighted by Crippen LogP contribution is 2.19. The second-order valence-corrected chi connectivity index (χ2v) is 3.99. The summed E-state index contributed by atoms with van der Waals surface area (Å²) in [4.78, 5) is 23.1. The predicted octanol–water partition coefficient (Wildman–Crippen LogP) is 1.23. The Labute approximate surface area is 110 Å². The van der Waals surface area contributed by atoms with Crippen molar-refractivity contribution in [2.45, 2.75) is 13.5 Å². The fraction of sp³-hybridized carbons (Fsp3) is 0.231. The van der Waals surface area contributed by atoms with E-state index in [9.17, 15) is 9.59 Å². The second-order valence-electron chi connectivity index (χ2n) is 3.99. The third-order valence-corrected chi connectivity index (χ3v) is 2.88. The van der Waals surface area contributed by atoms with Gasteiger partial charge in [-0.25, -0.2) is 10.2 Å². The molecule has 1 heterocycles. The minimum Gasteiger partial charge on any atom is -0.340 e. The molecule has 100 valence electrons. The molecule has 0 spiro atoms. The Morgan fingerprint density at radius 1 is 1.21 bits per heavy atom. The number of carbonyl (C=O) groups excluding carboxylic acids is 2. The Morgan fingerprint density at radius 3 is 2.63 bits per heavy atom. The van der Waals surface area contributed by atoms with Gasteiger partial charge in [0.1, 0.15) is 5.69 Å². The number of nitrogens with zero attached hydrogens (tertiary/aromatic N) is 1. The first-order valence-electron chi connectivity index (χ1n) is 6.03. The Balaban J connectivity index is 2.28. The average Bonchev–Trinajstić information content (AvgIpc) is 2.82. The van der Waals surface area contributed by atoms with Gasteiger partial charge in [-0.15, -0.1) is 0 Å². The van der Waals surface area contributed by atoms with Crippen molar-refractivity contribution in [2.75, 3.05) is 7.05 Å². The van der Waals surface area contributed by atoms with E-state index in [4.69, 9.17) is 0 Å². The van der Waals surface area contributed by atoms with Crippen LogP contribution in [0.5, 0.6) is 0 Å². The Hall–Kier alpha value is -2.50. The topological polar surface area (TPSA) is 75.2 Å². The largest absolute Gasteiger partial charge is 0.340 e. The number of urea groups is 1. The van der Waals surface area contributed by atoms with E-state index in [1.54, 1.807) is 6.07 Å². The van der Waals surface area contributed by atoms with Crippen LogP contribution in [-0.2, 0) is 6.54 Å². The summed E-state index contributed by atoms with van der Waals surface area (Å²) in [6.45, 7) is 2.64. The van der Waals surface area contributed by atoms with Crippen molar-refractivity contribution in [1.29, 1.82) is 0 Å². The summed E-state index contributed by atoms with van der Waals surface area (Å²) < 4.78 is 1.90. The van der Waals surface area contributed by atoms with E-state index in [1.165, 1.54) is 7.05 Å². The van der Waals surface area contributed by atoms with Crippen LogP contribution >= 0.6 is 0 Å². The van der Waals surface area contributed by atoms with Gasteiger partial charge in [-0.05, 0) is 19.1 Å². The lowest BCUT2D eigenvalue weighted by Crippen LogP contribution is -2.46. The molecule has 0 saturated carbocycles. The second kappa shape index (κ2) is 5.43. The molecule has 6 nitrogen and oxygen atoms in total. The molecule has 0 radical (unpaired) electrons. The fourth-order valence-corrected chi connectivity index (χ4v) is 1.98. The number of amides is 3. The predicted molar refractivity (Wildman–Crippen MR) is 72.7 cm³/mol. The summed E-state index contributed by atoms with van der Waals surface area (Å²) in [6, 6.07) is 9.10. The minimum absolute atomic E-state index is 0.346. The third-order valence-electron chi connectivity index (χ3n) is 2.88.